The molecule has 148 valence electrons. The van der Waals surface area contributed by atoms with Crippen LogP contribution >= 0.6 is 11.8 Å². The molecule has 5 nitrogen and oxygen atoms in total. The summed E-state index contributed by atoms with van der Waals surface area (Å²) >= 11 is 1.65. The zero-order valence-corrected chi connectivity index (χ0v) is 17.1. The van der Waals surface area contributed by atoms with Gasteiger partial charge in [-0.05, 0) is 47.7 Å². The van der Waals surface area contributed by atoms with Crippen LogP contribution in [-0.4, -0.2) is 22.0 Å². The lowest BCUT2D eigenvalue weighted by atomic mass is 9.98. The van der Waals surface area contributed by atoms with Gasteiger partial charge in [-0.3, -0.25) is 14.6 Å². The van der Waals surface area contributed by atoms with Crippen molar-refractivity contribution in [2.45, 2.75) is 17.5 Å². The third-order valence-corrected chi connectivity index (χ3v) is 6.12. The first-order chi connectivity index (χ1) is 14.7. The van der Waals surface area contributed by atoms with E-state index in [1.165, 1.54) is 0 Å². The highest BCUT2D eigenvalue weighted by atomic mass is 32.2. The fraction of sp³-hybridized carbons (Fsp3) is 0.125. The van der Waals surface area contributed by atoms with Gasteiger partial charge in [0.05, 0.1) is 17.0 Å². The van der Waals surface area contributed by atoms with Crippen molar-refractivity contribution in [2.75, 3.05) is 6.26 Å². The predicted octanol–water partition coefficient (Wildman–Crippen LogP) is 4.66. The largest absolute Gasteiger partial charge is 0.450 e. The minimum Gasteiger partial charge on any atom is -0.450 e. The van der Waals surface area contributed by atoms with E-state index in [-0.39, 0.29) is 17.1 Å². The minimum atomic E-state index is -0.510. The summed E-state index contributed by atoms with van der Waals surface area (Å²) in [4.78, 5) is 33.8. The van der Waals surface area contributed by atoms with E-state index in [1.807, 2.05) is 42.7 Å². The molecule has 2 aromatic heterocycles. The summed E-state index contributed by atoms with van der Waals surface area (Å²) in [7, 11) is 0. The normalized spacial score (nSPS) is 15.6. The number of para-hydroxylation sites is 1. The summed E-state index contributed by atoms with van der Waals surface area (Å²) in [5.74, 6) is -0.155. The molecule has 3 heterocycles. The first-order valence-electron chi connectivity index (χ1n) is 9.57. The number of thioether (sulfide) groups is 1. The van der Waals surface area contributed by atoms with Crippen molar-refractivity contribution in [1.82, 2.24) is 9.88 Å². The maximum Gasteiger partial charge on any atom is 0.291 e. The van der Waals surface area contributed by atoms with Crippen molar-refractivity contribution in [3.63, 3.8) is 0 Å². The van der Waals surface area contributed by atoms with Crippen LogP contribution in [0.25, 0.3) is 11.0 Å². The average Bonchev–Trinajstić information content (AvgIpc) is 3.06. The molecule has 2 aromatic carbocycles. The molecule has 5 rings (SSSR count). The van der Waals surface area contributed by atoms with Crippen LogP contribution in [0.1, 0.15) is 33.3 Å². The van der Waals surface area contributed by atoms with E-state index in [0.717, 1.165) is 16.0 Å². The molecule has 1 aliphatic heterocycles. The molecule has 0 saturated heterocycles. The number of fused-ring (bicyclic) bond motifs is 2. The zero-order valence-electron chi connectivity index (χ0n) is 16.2. The molecule has 0 bridgehead atoms. The lowest BCUT2D eigenvalue weighted by Gasteiger charge is -2.25. The molecular formula is C24H18N2O3S. The minimum absolute atomic E-state index is 0.126. The number of amides is 1. The van der Waals surface area contributed by atoms with Gasteiger partial charge in [-0.15, -0.1) is 11.8 Å². The molecular weight excluding hydrogens is 396 g/mol. The highest BCUT2D eigenvalue weighted by molar-refractivity contribution is 7.98. The summed E-state index contributed by atoms with van der Waals surface area (Å²) < 4.78 is 5.95. The third kappa shape index (κ3) is 3.00. The standard InChI is InChI=1S/C24H18N2O3S/c1-30-17-10-8-16(9-11-17)21-20-22(27)18-6-2-3-7-19(18)29-23(20)24(28)26(21)14-15-5-4-12-25-13-15/h2-13,21H,14H2,1H3. The molecule has 1 atom stereocenters. The van der Waals surface area contributed by atoms with Gasteiger partial charge in [0.1, 0.15) is 5.58 Å². The van der Waals surface area contributed by atoms with Gasteiger partial charge >= 0.3 is 0 Å². The van der Waals surface area contributed by atoms with Crippen LogP contribution in [0.2, 0.25) is 0 Å². The van der Waals surface area contributed by atoms with Gasteiger partial charge in [0.2, 0.25) is 5.76 Å². The number of aromatic nitrogens is 1. The fourth-order valence-corrected chi connectivity index (χ4v) is 4.36. The molecule has 0 fully saturated rings. The van der Waals surface area contributed by atoms with Gasteiger partial charge in [-0.2, -0.15) is 0 Å². The van der Waals surface area contributed by atoms with Gasteiger partial charge in [0, 0.05) is 23.8 Å². The van der Waals surface area contributed by atoms with Crippen molar-refractivity contribution in [3.8, 4) is 0 Å². The molecule has 0 radical (unpaired) electrons. The number of benzene rings is 2. The summed E-state index contributed by atoms with van der Waals surface area (Å²) in [6.07, 6.45) is 5.44. The van der Waals surface area contributed by atoms with Crippen molar-refractivity contribution in [3.05, 3.63) is 106 Å². The van der Waals surface area contributed by atoms with Gasteiger partial charge in [0.15, 0.2) is 5.43 Å². The Balaban J connectivity index is 1.71. The Hall–Kier alpha value is -3.38. The Labute approximate surface area is 177 Å². The average molecular weight is 414 g/mol. The zero-order chi connectivity index (χ0) is 20.7. The molecule has 0 saturated carbocycles. The maximum atomic E-state index is 13.4. The number of hydrogen-bond acceptors (Lipinski definition) is 5. The second kappa shape index (κ2) is 7.46. The Morgan fingerprint density at radius 1 is 1.03 bits per heavy atom. The van der Waals surface area contributed by atoms with Crippen LogP contribution in [0.5, 0.6) is 0 Å². The van der Waals surface area contributed by atoms with Crippen LogP contribution in [0, 0.1) is 0 Å². The van der Waals surface area contributed by atoms with Crippen molar-refractivity contribution < 1.29 is 9.21 Å². The molecule has 0 aliphatic carbocycles. The van der Waals surface area contributed by atoms with E-state index >= 15 is 0 Å². The topological polar surface area (TPSA) is 63.4 Å². The predicted molar refractivity (Wildman–Crippen MR) is 117 cm³/mol. The van der Waals surface area contributed by atoms with E-state index in [4.69, 9.17) is 4.42 Å². The van der Waals surface area contributed by atoms with E-state index in [2.05, 4.69) is 4.98 Å². The lowest BCUT2D eigenvalue weighted by Crippen LogP contribution is -2.29. The summed E-state index contributed by atoms with van der Waals surface area (Å²) in [6, 6.07) is 18.3. The van der Waals surface area contributed by atoms with Crippen molar-refractivity contribution in [1.29, 1.82) is 0 Å². The van der Waals surface area contributed by atoms with Crippen LogP contribution in [0.3, 0.4) is 0 Å². The van der Waals surface area contributed by atoms with Gasteiger partial charge < -0.3 is 9.32 Å². The van der Waals surface area contributed by atoms with Crippen molar-refractivity contribution >= 4 is 28.6 Å². The summed E-state index contributed by atoms with van der Waals surface area (Å²) in [5.41, 5.74) is 2.44. The van der Waals surface area contributed by atoms with Gasteiger partial charge in [-0.25, -0.2) is 0 Å². The Kier molecular flexibility index (Phi) is 4.64. The highest BCUT2D eigenvalue weighted by Gasteiger charge is 2.42. The molecule has 30 heavy (non-hydrogen) atoms. The second-order valence-corrected chi connectivity index (χ2v) is 8.02. The summed E-state index contributed by atoms with van der Waals surface area (Å²) in [6.45, 7) is 0.335. The SMILES string of the molecule is CSc1ccc(C2c3c(oc4ccccc4c3=O)C(=O)N2Cc2cccnc2)cc1. The highest BCUT2D eigenvalue weighted by Crippen LogP contribution is 2.39. The molecule has 0 spiro atoms. The van der Waals surface area contributed by atoms with E-state index in [1.54, 1.807) is 53.3 Å². The molecule has 0 N–H and O–H groups in total. The Morgan fingerprint density at radius 3 is 2.57 bits per heavy atom. The monoisotopic (exact) mass is 414 g/mol. The number of rotatable bonds is 4. The first kappa shape index (κ1) is 18.6. The molecule has 1 aliphatic rings. The van der Waals surface area contributed by atoms with E-state index in [0.29, 0.717) is 23.1 Å². The first-order valence-corrected chi connectivity index (χ1v) is 10.8. The molecule has 4 aromatic rings. The quantitative estimate of drug-likeness (QED) is 0.455. The van der Waals surface area contributed by atoms with Crippen molar-refractivity contribution in [2.24, 2.45) is 0 Å². The molecule has 1 unspecified atom stereocenters. The van der Waals surface area contributed by atoms with Crippen LogP contribution in [0.4, 0.5) is 0 Å². The maximum absolute atomic E-state index is 13.4. The second-order valence-electron chi connectivity index (χ2n) is 7.14. The van der Waals surface area contributed by atoms with E-state index < -0.39 is 6.04 Å². The van der Waals surface area contributed by atoms with E-state index in [9.17, 15) is 9.59 Å². The third-order valence-electron chi connectivity index (χ3n) is 5.38. The molecule has 1 amide bonds. The van der Waals surface area contributed by atoms with Gasteiger partial charge in [0.25, 0.3) is 5.91 Å². The Morgan fingerprint density at radius 2 is 1.83 bits per heavy atom. The number of nitrogens with zero attached hydrogens (tertiary/aromatic N) is 2. The number of carbonyl (C=O) groups excluding carboxylic acids is 1. The summed E-state index contributed by atoms with van der Waals surface area (Å²) in [5, 5.41) is 0.484. The lowest BCUT2D eigenvalue weighted by molar-refractivity contribution is 0.0714. The van der Waals surface area contributed by atoms with Crippen LogP contribution in [-0.2, 0) is 6.54 Å². The smallest absolute Gasteiger partial charge is 0.291 e. The van der Waals surface area contributed by atoms with Gasteiger partial charge in [-0.1, -0.05) is 30.3 Å². The number of hydrogen-bond donors (Lipinski definition) is 0. The number of pyridine rings is 1. The molecule has 6 heteroatoms. The fourth-order valence-electron chi connectivity index (χ4n) is 3.95. The number of carbonyl (C=O) groups is 1. The Bertz CT molecular complexity index is 1300. The van der Waals surface area contributed by atoms with Crippen LogP contribution in [0.15, 0.2) is 87.2 Å². The van der Waals surface area contributed by atoms with Crippen LogP contribution < -0.4 is 5.43 Å².